The summed E-state index contributed by atoms with van der Waals surface area (Å²) in [6.07, 6.45) is 1.62. The summed E-state index contributed by atoms with van der Waals surface area (Å²) in [5.41, 5.74) is 2.50. The van der Waals surface area contributed by atoms with E-state index in [9.17, 15) is 9.59 Å². The maximum Gasteiger partial charge on any atom is 0.341 e. The number of hydrogen-bond acceptors (Lipinski definition) is 5. The van der Waals surface area contributed by atoms with Crippen LogP contribution >= 0.6 is 0 Å². The molecule has 2 aromatic rings. The van der Waals surface area contributed by atoms with E-state index >= 15 is 0 Å². The van der Waals surface area contributed by atoms with Gasteiger partial charge < -0.3 is 14.2 Å². The molecule has 1 aliphatic rings. The number of ether oxygens (including phenoxy) is 3. The molecule has 1 aliphatic carbocycles. The highest BCUT2D eigenvalue weighted by molar-refractivity contribution is 5.93. The summed E-state index contributed by atoms with van der Waals surface area (Å²) in [7, 11) is 2.74. The standard InChI is InChI=1S/C19H18O5/c1-22-17-11-13(8-10-16(17)18(20)23-2)24-19(21)15-9-7-12-5-3-4-6-14(12)15/h3-6,8,10-11,15H,7,9H2,1-2H3. The highest BCUT2D eigenvalue weighted by Crippen LogP contribution is 2.34. The second-order valence-corrected chi connectivity index (χ2v) is 5.56. The van der Waals surface area contributed by atoms with E-state index in [2.05, 4.69) is 0 Å². The molecule has 1 unspecified atom stereocenters. The van der Waals surface area contributed by atoms with Crippen LogP contribution in [0.25, 0.3) is 0 Å². The average Bonchev–Trinajstić information content (AvgIpc) is 3.05. The second-order valence-electron chi connectivity index (χ2n) is 5.56. The molecular weight excluding hydrogens is 308 g/mol. The van der Waals surface area contributed by atoms with E-state index in [0.29, 0.717) is 11.5 Å². The molecule has 1 atom stereocenters. The van der Waals surface area contributed by atoms with Gasteiger partial charge in [0.05, 0.1) is 20.1 Å². The van der Waals surface area contributed by atoms with Crippen LogP contribution in [0, 0.1) is 0 Å². The van der Waals surface area contributed by atoms with E-state index in [-0.39, 0.29) is 17.5 Å². The largest absolute Gasteiger partial charge is 0.496 e. The van der Waals surface area contributed by atoms with Gasteiger partial charge in [-0.05, 0) is 36.1 Å². The molecule has 0 saturated heterocycles. The van der Waals surface area contributed by atoms with Crippen LogP contribution in [0.3, 0.4) is 0 Å². The summed E-state index contributed by atoms with van der Waals surface area (Å²) in [6.45, 7) is 0. The Bertz CT molecular complexity index is 781. The Labute approximate surface area is 140 Å². The van der Waals surface area contributed by atoms with Gasteiger partial charge in [0, 0.05) is 6.07 Å². The number of aryl methyl sites for hydroxylation is 1. The minimum absolute atomic E-state index is 0.257. The molecule has 124 valence electrons. The normalized spacial score (nSPS) is 15.5. The molecule has 5 heteroatoms. The van der Waals surface area contributed by atoms with E-state index in [4.69, 9.17) is 14.2 Å². The minimum atomic E-state index is -0.505. The zero-order valence-electron chi connectivity index (χ0n) is 13.6. The number of methoxy groups -OCH3 is 2. The van der Waals surface area contributed by atoms with Gasteiger partial charge in [-0.3, -0.25) is 4.79 Å². The van der Waals surface area contributed by atoms with Crippen molar-refractivity contribution in [1.82, 2.24) is 0 Å². The van der Waals surface area contributed by atoms with Crippen LogP contribution in [0.5, 0.6) is 11.5 Å². The van der Waals surface area contributed by atoms with Crippen molar-refractivity contribution in [3.8, 4) is 11.5 Å². The van der Waals surface area contributed by atoms with Gasteiger partial charge in [0.1, 0.15) is 17.1 Å². The third-order valence-corrected chi connectivity index (χ3v) is 4.21. The van der Waals surface area contributed by atoms with Crippen molar-refractivity contribution in [3.63, 3.8) is 0 Å². The maximum atomic E-state index is 12.5. The Kier molecular flexibility index (Phi) is 4.51. The van der Waals surface area contributed by atoms with Crippen molar-refractivity contribution in [2.24, 2.45) is 0 Å². The van der Waals surface area contributed by atoms with Crippen LogP contribution < -0.4 is 9.47 Å². The summed E-state index contributed by atoms with van der Waals surface area (Å²) in [5, 5.41) is 0. The first-order valence-electron chi connectivity index (χ1n) is 7.70. The molecule has 0 spiro atoms. The monoisotopic (exact) mass is 326 g/mol. The van der Waals surface area contributed by atoms with Gasteiger partial charge >= 0.3 is 11.9 Å². The van der Waals surface area contributed by atoms with E-state index in [1.54, 1.807) is 6.07 Å². The van der Waals surface area contributed by atoms with Gasteiger partial charge in [0.25, 0.3) is 0 Å². The van der Waals surface area contributed by atoms with Gasteiger partial charge in [-0.25, -0.2) is 4.79 Å². The summed E-state index contributed by atoms with van der Waals surface area (Å²) in [5.74, 6) is -0.414. The number of esters is 2. The molecule has 0 aliphatic heterocycles. The zero-order valence-corrected chi connectivity index (χ0v) is 13.6. The van der Waals surface area contributed by atoms with Crippen LogP contribution in [0.15, 0.2) is 42.5 Å². The van der Waals surface area contributed by atoms with E-state index < -0.39 is 5.97 Å². The predicted octanol–water partition coefficient (Wildman–Crippen LogP) is 3.12. The number of carbonyl (C=O) groups excluding carboxylic acids is 2. The molecule has 0 saturated carbocycles. The smallest absolute Gasteiger partial charge is 0.341 e. The minimum Gasteiger partial charge on any atom is -0.496 e. The van der Waals surface area contributed by atoms with Gasteiger partial charge in [0.2, 0.25) is 0 Å². The molecule has 0 aromatic heterocycles. The Morgan fingerprint density at radius 3 is 2.62 bits per heavy atom. The lowest BCUT2D eigenvalue weighted by Gasteiger charge is -2.13. The van der Waals surface area contributed by atoms with Gasteiger partial charge in [-0.15, -0.1) is 0 Å². The van der Waals surface area contributed by atoms with Crippen molar-refractivity contribution in [2.75, 3.05) is 14.2 Å². The SMILES string of the molecule is COC(=O)c1ccc(OC(=O)C2CCc3ccccc32)cc1OC. The average molecular weight is 326 g/mol. The lowest BCUT2D eigenvalue weighted by molar-refractivity contribution is -0.136. The van der Waals surface area contributed by atoms with Crippen LogP contribution in [0.4, 0.5) is 0 Å². The Morgan fingerprint density at radius 1 is 1.08 bits per heavy atom. The van der Waals surface area contributed by atoms with Gasteiger partial charge in [-0.1, -0.05) is 24.3 Å². The third-order valence-electron chi connectivity index (χ3n) is 4.21. The molecule has 24 heavy (non-hydrogen) atoms. The fourth-order valence-corrected chi connectivity index (χ4v) is 3.00. The topological polar surface area (TPSA) is 61.8 Å². The third kappa shape index (κ3) is 2.97. The fourth-order valence-electron chi connectivity index (χ4n) is 3.00. The molecule has 0 N–H and O–H groups in total. The van der Waals surface area contributed by atoms with Crippen LogP contribution in [-0.2, 0) is 16.0 Å². The molecule has 0 amide bonds. The summed E-state index contributed by atoms with van der Waals surface area (Å²) < 4.78 is 15.4. The first-order chi connectivity index (χ1) is 11.6. The lowest BCUT2D eigenvalue weighted by atomic mass is 10.0. The Morgan fingerprint density at radius 2 is 1.88 bits per heavy atom. The Hall–Kier alpha value is -2.82. The van der Waals surface area contributed by atoms with Gasteiger partial charge in [0.15, 0.2) is 0 Å². The number of fused-ring (bicyclic) bond motifs is 1. The summed E-state index contributed by atoms with van der Waals surface area (Å²) in [4.78, 5) is 24.2. The van der Waals surface area contributed by atoms with Crippen molar-refractivity contribution < 1.29 is 23.8 Å². The molecule has 3 rings (SSSR count). The van der Waals surface area contributed by atoms with Crippen LogP contribution in [0.1, 0.15) is 33.8 Å². The van der Waals surface area contributed by atoms with E-state index in [1.165, 1.54) is 31.9 Å². The predicted molar refractivity (Wildman–Crippen MR) is 87.5 cm³/mol. The number of hydrogen-bond donors (Lipinski definition) is 0. The molecule has 2 aromatic carbocycles. The lowest BCUT2D eigenvalue weighted by Crippen LogP contribution is -2.17. The highest BCUT2D eigenvalue weighted by atomic mass is 16.5. The molecule has 0 heterocycles. The quantitative estimate of drug-likeness (QED) is 0.638. The zero-order chi connectivity index (χ0) is 17.1. The van der Waals surface area contributed by atoms with Crippen molar-refractivity contribution in [3.05, 3.63) is 59.2 Å². The van der Waals surface area contributed by atoms with Crippen molar-refractivity contribution in [2.45, 2.75) is 18.8 Å². The number of rotatable bonds is 4. The molecule has 0 radical (unpaired) electrons. The summed E-state index contributed by atoms with van der Waals surface area (Å²) in [6, 6.07) is 12.5. The van der Waals surface area contributed by atoms with Crippen LogP contribution in [0.2, 0.25) is 0 Å². The summed E-state index contributed by atoms with van der Waals surface area (Å²) >= 11 is 0. The molecular formula is C19H18O5. The fraction of sp³-hybridized carbons (Fsp3) is 0.263. The van der Waals surface area contributed by atoms with Crippen molar-refractivity contribution in [1.29, 1.82) is 0 Å². The first-order valence-corrected chi connectivity index (χ1v) is 7.70. The second kappa shape index (κ2) is 6.74. The first kappa shape index (κ1) is 16.1. The van der Waals surface area contributed by atoms with Crippen molar-refractivity contribution >= 4 is 11.9 Å². The molecule has 0 fully saturated rings. The number of carbonyl (C=O) groups is 2. The van der Waals surface area contributed by atoms with E-state index in [1.807, 2.05) is 24.3 Å². The van der Waals surface area contributed by atoms with Gasteiger partial charge in [-0.2, -0.15) is 0 Å². The maximum absolute atomic E-state index is 12.5. The van der Waals surface area contributed by atoms with Crippen LogP contribution in [-0.4, -0.2) is 26.2 Å². The van der Waals surface area contributed by atoms with E-state index in [0.717, 1.165) is 18.4 Å². The Balaban J connectivity index is 1.79. The molecule has 0 bridgehead atoms. The molecule has 5 nitrogen and oxygen atoms in total. The number of benzene rings is 2. The highest BCUT2D eigenvalue weighted by Gasteiger charge is 2.30.